The van der Waals surface area contributed by atoms with E-state index in [1.807, 2.05) is 24.3 Å². The van der Waals surface area contributed by atoms with Crippen molar-refractivity contribution in [2.75, 3.05) is 38.6 Å². The zero-order valence-corrected chi connectivity index (χ0v) is 11.6. The maximum Gasteiger partial charge on any atom is 0.0637 e. The second-order valence-electron chi connectivity index (χ2n) is 4.68. The van der Waals surface area contributed by atoms with Crippen LogP contribution in [0.3, 0.4) is 0 Å². The Hall–Kier alpha value is -0.770. The minimum Gasteiger partial charge on any atom is -0.383 e. The first-order valence-electron chi connectivity index (χ1n) is 6.53. The zero-order valence-electron chi connectivity index (χ0n) is 10.9. The highest BCUT2D eigenvalue weighted by atomic mass is 35.5. The normalized spacial score (nSPS) is 17.9. The first-order chi connectivity index (χ1) is 8.79. The third-order valence-corrected chi connectivity index (χ3v) is 3.81. The summed E-state index contributed by atoms with van der Waals surface area (Å²) >= 11 is 6.09. The van der Waals surface area contributed by atoms with Gasteiger partial charge in [-0.3, -0.25) is 0 Å². The Bertz CT molecular complexity index is 365. The number of nitrogens with zero attached hydrogens (tertiary/aromatic N) is 1. The maximum absolute atomic E-state index is 6.09. The van der Waals surface area contributed by atoms with E-state index in [-0.39, 0.29) is 0 Å². The van der Waals surface area contributed by atoms with Gasteiger partial charge in [-0.15, -0.1) is 0 Å². The molecule has 1 aromatic rings. The van der Waals surface area contributed by atoms with E-state index in [0.29, 0.717) is 6.10 Å². The molecule has 0 unspecified atom stereocenters. The number of benzene rings is 1. The number of ether oxygens (including phenoxy) is 1. The number of nitrogens with one attached hydrogen (secondary N) is 1. The molecule has 100 valence electrons. The van der Waals surface area contributed by atoms with Crippen molar-refractivity contribution in [3.63, 3.8) is 0 Å². The topological polar surface area (TPSA) is 24.5 Å². The number of halogens is 1. The molecule has 3 nitrogen and oxygen atoms in total. The van der Waals surface area contributed by atoms with Crippen LogP contribution in [-0.4, -0.2) is 44.3 Å². The molecule has 0 radical (unpaired) electrons. The molecule has 0 amide bonds. The van der Waals surface area contributed by atoms with Gasteiger partial charge in [-0.05, 0) is 25.0 Å². The van der Waals surface area contributed by atoms with Crippen molar-refractivity contribution in [1.29, 1.82) is 0 Å². The van der Waals surface area contributed by atoms with E-state index in [2.05, 4.69) is 10.2 Å². The Balaban J connectivity index is 1.69. The lowest BCUT2D eigenvalue weighted by atomic mass is 10.1. The Morgan fingerprint density at radius 3 is 2.72 bits per heavy atom. The van der Waals surface area contributed by atoms with Crippen LogP contribution in [0.4, 0.5) is 5.69 Å². The van der Waals surface area contributed by atoms with E-state index in [1.165, 1.54) is 0 Å². The predicted octanol–water partition coefficient (Wildman–Crippen LogP) is 2.86. The molecule has 0 aromatic heterocycles. The summed E-state index contributed by atoms with van der Waals surface area (Å²) in [5.41, 5.74) is 1.02. The summed E-state index contributed by atoms with van der Waals surface area (Å²) < 4.78 is 5.37. The van der Waals surface area contributed by atoms with Gasteiger partial charge in [0.2, 0.25) is 0 Å². The highest BCUT2D eigenvalue weighted by Crippen LogP contribution is 2.20. The molecule has 1 aliphatic rings. The number of hydrogen-bond donors (Lipinski definition) is 1. The van der Waals surface area contributed by atoms with Crippen LogP contribution in [0.5, 0.6) is 0 Å². The number of piperidine rings is 1. The Morgan fingerprint density at radius 1 is 1.33 bits per heavy atom. The van der Waals surface area contributed by atoms with Crippen LogP contribution in [0, 0.1) is 0 Å². The van der Waals surface area contributed by atoms with Crippen LogP contribution in [0.2, 0.25) is 5.02 Å². The number of para-hydroxylation sites is 1. The predicted molar refractivity (Wildman–Crippen MR) is 76.4 cm³/mol. The Labute approximate surface area is 114 Å². The lowest BCUT2D eigenvalue weighted by molar-refractivity contribution is 0.0423. The summed E-state index contributed by atoms with van der Waals surface area (Å²) in [4.78, 5) is 2.47. The van der Waals surface area contributed by atoms with Crippen LogP contribution in [0.1, 0.15) is 12.8 Å². The van der Waals surface area contributed by atoms with Crippen molar-refractivity contribution in [3.8, 4) is 0 Å². The van der Waals surface area contributed by atoms with E-state index in [9.17, 15) is 0 Å². The van der Waals surface area contributed by atoms with Gasteiger partial charge in [0, 0.05) is 33.3 Å². The average molecular weight is 269 g/mol. The van der Waals surface area contributed by atoms with Gasteiger partial charge in [0.25, 0.3) is 0 Å². The van der Waals surface area contributed by atoms with E-state index in [4.69, 9.17) is 16.3 Å². The van der Waals surface area contributed by atoms with E-state index < -0.39 is 0 Å². The van der Waals surface area contributed by atoms with Crippen molar-refractivity contribution in [2.24, 2.45) is 0 Å². The van der Waals surface area contributed by atoms with Gasteiger partial charge < -0.3 is 15.0 Å². The highest BCUT2D eigenvalue weighted by Gasteiger charge is 2.17. The fourth-order valence-corrected chi connectivity index (χ4v) is 2.52. The van der Waals surface area contributed by atoms with Gasteiger partial charge in [0.1, 0.15) is 0 Å². The summed E-state index contributed by atoms with van der Waals surface area (Å²) in [5.74, 6) is 0. The Kier molecular flexibility index (Phi) is 5.29. The number of anilines is 1. The molecule has 1 saturated heterocycles. The van der Waals surface area contributed by atoms with Gasteiger partial charge in [-0.25, -0.2) is 0 Å². The van der Waals surface area contributed by atoms with E-state index in [1.54, 1.807) is 7.11 Å². The third kappa shape index (κ3) is 3.87. The standard InChI is InChI=1S/C14H21ClN2O/c1-18-12-6-9-17(10-7-12)11-8-16-14-5-3-2-4-13(14)15/h2-5,12,16H,6-11H2,1H3. The average Bonchev–Trinajstić information content (AvgIpc) is 2.42. The van der Waals surface area contributed by atoms with Crippen LogP contribution >= 0.6 is 11.6 Å². The molecule has 0 bridgehead atoms. The van der Waals surface area contributed by atoms with Crippen LogP contribution < -0.4 is 5.32 Å². The van der Waals surface area contributed by atoms with Gasteiger partial charge in [0.05, 0.1) is 16.8 Å². The molecule has 1 heterocycles. The third-order valence-electron chi connectivity index (χ3n) is 3.49. The molecule has 0 saturated carbocycles. The molecule has 1 N–H and O–H groups in total. The smallest absolute Gasteiger partial charge is 0.0637 e. The minimum absolute atomic E-state index is 0.456. The van der Waals surface area contributed by atoms with Crippen molar-refractivity contribution in [1.82, 2.24) is 4.90 Å². The van der Waals surface area contributed by atoms with Gasteiger partial charge in [-0.1, -0.05) is 23.7 Å². The number of methoxy groups -OCH3 is 1. The highest BCUT2D eigenvalue weighted by molar-refractivity contribution is 6.33. The van der Waals surface area contributed by atoms with Gasteiger partial charge >= 0.3 is 0 Å². The molecule has 0 atom stereocenters. The van der Waals surface area contributed by atoms with Gasteiger partial charge in [-0.2, -0.15) is 0 Å². The molecular formula is C14H21ClN2O. The van der Waals surface area contributed by atoms with Crippen molar-refractivity contribution < 1.29 is 4.74 Å². The van der Waals surface area contributed by atoms with Crippen LogP contribution in [0.25, 0.3) is 0 Å². The van der Waals surface area contributed by atoms with E-state index in [0.717, 1.165) is 49.7 Å². The number of rotatable bonds is 5. The summed E-state index contributed by atoms with van der Waals surface area (Å²) in [6.45, 7) is 4.24. The van der Waals surface area contributed by atoms with Crippen LogP contribution in [-0.2, 0) is 4.74 Å². The second kappa shape index (κ2) is 6.98. The number of likely N-dealkylation sites (tertiary alicyclic amines) is 1. The molecule has 1 aromatic carbocycles. The SMILES string of the molecule is COC1CCN(CCNc2ccccc2Cl)CC1. The van der Waals surface area contributed by atoms with Crippen molar-refractivity contribution >= 4 is 17.3 Å². The largest absolute Gasteiger partial charge is 0.383 e. The zero-order chi connectivity index (χ0) is 12.8. The van der Waals surface area contributed by atoms with E-state index >= 15 is 0 Å². The molecule has 18 heavy (non-hydrogen) atoms. The minimum atomic E-state index is 0.456. The summed E-state index contributed by atoms with van der Waals surface area (Å²) in [6, 6.07) is 7.87. The lowest BCUT2D eigenvalue weighted by Gasteiger charge is -2.31. The summed E-state index contributed by atoms with van der Waals surface area (Å²) in [7, 11) is 1.80. The van der Waals surface area contributed by atoms with Crippen LogP contribution in [0.15, 0.2) is 24.3 Å². The molecular weight excluding hydrogens is 248 g/mol. The monoisotopic (exact) mass is 268 g/mol. The van der Waals surface area contributed by atoms with Gasteiger partial charge in [0.15, 0.2) is 0 Å². The number of hydrogen-bond acceptors (Lipinski definition) is 3. The van der Waals surface area contributed by atoms with Crippen molar-refractivity contribution in [2.45, 2.75) is 18.9 Å². The lowest BCUT2D eigenvalue weighted by Crippen LogP contribution is -2.39. The molecule has 0 aliphatic carbocycles. The molecule has 4 heteroatoms. The van der Waals surface area contributed by atoms with Crippen molar-refractivity contribution in [3.05, 3.63) is 29.3 Å². The molecule has 1 aliphatic heterocycles. The maximum atomic E-state index is 6.09. The summed E-state index contributed by atoms with van der Waals surface area (Å²) in [6.07, 6.45) is 2.74. The molecule has 2 rings (SSSR count). The first-order valence-corrected chi connectivity index (χ1v) is 6.91. The quantitative estimate of drug-likeness (QED) is 0.889. The second-order valence-corrected chi connectivity index (χ2v) is 5.09. The summed E-state index contributed by atoms with van der Waals surface area (Å²) in [5, 5.41) is 4.17. The first kappa shape index (κ1) is 13.7. The fraction of sp³-hybridized carbons (Fsp3) is 0.571. The Morgan fingerprint density at radius 2 is 2.06 bits per heavy atom. The fourth-order valence-electron chi connectivity index (χ4n) is 2.32. The molecule has 1 fully saturated rings. The molecule has 0 spiro atoms.